The lowest BCUT2D eigenvalue weighted by molar-refractivity contribution is -0.117. The lowest BCUT2D eigenvalue weighted by Gasteiger charge is -2.33. The summed E-state index contributed by atoms with van der Waals surface area (Å²) in [4.78, 5) is 15.5. The summed E-state index contributed by atoms with van der Waals surface area (Å²) in [5.74, 6) is 0.985. The van der Waals surface area contributed by atoms with E-state index in [2.05, 4.69) is 26.5 Å². The van der Waals surface area contributed by atoms with Crippen molar-refractivity contribution in [2.45, 2.75) is 44.6 Å². The first kappa shape index (κ1) is 17.2. The molecule has 4 rings (SSSR count). The number of thiophene rings is 1. The average Bonchev–Trinajstić information content (AvgIpc) is 3.20. The molecule has 3 heterocycles. The number of hydrogen-bond donors (Lipinski definition) is 1. The highest BCUT2D eigenvalue weighted by Crippen LogP contribution is 2.24. The molecule has 0 saturated carbocycles. The first-order chi connectivity index (χ1) is 12.8. The van der Waals surface area contributed by atoms with Gasteiger partial charge >= 0.3 is 0 Å². The molecule has 1 fully saturated rings. The number of aryl methyl sites for hydroxylation is 2. The third-order valence-corrected chi connectivity index (χ3v) is 6.00. The Morgan fingerprint density at radius 1 is 1.23 bits per heavy atom. The number of fused-ring (bicyclic) bond motifs is 1. The third kappa shape index (κ3) is 4.12. The van der Waals surface area contributed by atoms with E-state index in [0.717, 1.165) is 49.5 Å². The summed E-state index contributed by atoms with van der Waals surface area (Å²) < 4.78 is 0. The largest absolute Gasteiger partial charge is 0.355 e. The number of nitrogens with zero attached hydrogens (tertiary/aromatic N) is 3. The number of amides is 1. The summed E-state index contributed by atoms with van der Waals surface area (Å²) >= 11 is 1.63. The fourth-order valence-electron chi connectivity index (χ4n) is 3.68. The van der Waals surface area contributed by atoms with E-state index in [1.165, 1.54) is 24.1 Å². The lowest BCUT2D eigenvalue weighted by atomic mass is 9.96. The van der Waals surface area contributed by atoms with Gasteiger partial charge in [-0.25, -0.2) is 0 Å². The Morgan fingerprint density at radius 3 is 2.88 bits per heavy atom. The molecule has 1 N–H and O–H groups in total. The molecule has 0 radical (unpaired) electrons. The van der Waals surface area contributed by atoms with Crippen LogP contribution in [0.4, 0.5) is 5.82 Å². The van der Waals surface area contributed by atoms with Gasteiger partial charge in [0, 0.05) is 30.1 Å². The number of carbonyl (C=O) groups is 1. The zero-order valence-corrected chi connectivity index (χ0v) is 15.7. The summed E-state index contributed by atoms with van der Waals surface area (Å²) in [6, 6.07) is 6.45. The number of anilines is 1. The summed E-state index contributed by atoms with van der Waals surface area (Å²) in [5.41, 5.74) is 2.55. The highest BCUT2D eigenvalue weighted by Gasteiger charge is 2.22. The van der Waals surface area contributed by atoms with Crippen molar-refractivity contribution in [2.24, 2.45) is 0 Å². The minimum atomic E-state index is -0.00887. The third-order valence-electron chi connectivity index (χ3n) is 5.16. The molecule has 0 unspecified atom stereocenters. The average molecular weight is 369 g/mol. The predicted molar refractivity (Wildman–Crippen MR) is 105 cm³/mol. The van der Waals surface area contributed by atoms with Crippen molar-refractivity contribution in [3.05, 3.63) is 45.8 Å². The Labute approximate surface area is 158 Å². The molecule has 2 aliphatic rings. The van der Waals surface area contributed by atoms with Gasteiger partial charge in [0.25, 0.3) is 0 Å². The first-order valence-corrected chi connectivity index (χ1v) is 10.3. The fourth-order valence-corrected chi connectivity index (χ4v) is 4.30. The monoisotopic (exact) mass is 368 g/mol. The molecule has 1 aliphatic heterocycles. The zero-order chi connectivity index (χ0) is 17.8. The molecule has 0 spiro atoms. The van der Waals surface area contributed by atoms with Crippen LogP contribution in [0.5, 0.6) is 0 Å². The van der Waals surface area contributed by atoms with Crippen molar-refractivity contribution in [1.29, 1.82) is 0 Å². The second-order valence-electron chi connectivity index (χ2n) is 7.00. The van der Waals surface area contributed by atoms with Gasteiger partial charge in [0.05, 0.1) is 5.69 Å². The molecule has 1 saturated heterocycles. The second kappa shape index (κ2) is 7.99. The molecular weight excluding hydrogens is 344 g/mol. The van der Waals surface area contributed by atoms with Crippen molar-refractivity contribution >= 4 is 29.1 Å². The molecule has 0 bridgehead atoms. The number of aromatic nitrogens is 2. The van der Waals surface area contributed by atoms with Crippen LogP contribution >= 0.6 is 11.3 Å². The lowest BCUT2D eigenvalue weighted by Crippen LogP contribution is -2.44. The van der Waals surface area contributed by atoms with E-state index in [1.807, 2.05) is 23.6 Å². The Bertz CT molecular complexity index is 779. The van der Waals surface area contributed by atoms with Crippen LogP contribution in [0.1, 0.15) is 41.8 Å². The summed E-state index contributed by atoms with van der Waals surface area (Å²) in [6.45, 7) is 1.82. The molecular formula is C20H24N4OS. The Hall–Kier alpha value is -2.21. The van der Waals surface area contributed by atoms with Crippen LogP contribution in [-0.2, 0) is 17.6 Å². The smallest absolute Gasteiger partial charge is 0.244 e. The van der Waals surface area contributed by atoms with Crippen LogP contribution in [0.3, 0.4) is 0 Å². The standard InChI is InChI=1S/C20H24N4OS/c25-20(8-7-17-5-3-13-26-17)21-16-9-11-24(12-10-16)19-14-15-4-1-2-6-18(15)22-23-19/h3,5,7-8,13-14,16H,1-2,4,6,9-12H2,(H,21,25)/b8-7+. The predicted octanol–water partition coefficient (Wildman–Crippen LogP) is 3.22. The van der Waals surface area contributed by atoms with Crippen molar-refractivity contribution in [2.75, 3.05) is 18.0 Å². The molecule has 5 nitrogen and oxygen atoms in total. The number of hydrogen-bond acceptors (Lipinski definition) is 5. The molecule has 1 aliphatic carbocycles. The maximum Gasteiger partial charge on any atom is 0.244 e. The van der Waals surface area contributed by atoms with Crippen LogP contribution in [0, 0.1) is 0 Å². The number of nitrogens with one attached hydrogen (secondary N) is 1. The van der Waals surface area contributed by atoms with Crippen LogP contribution in [0.2, 0.25) is 0 Å². The van der Waals surface area contributed by atoms with Gasteiger partial charge in [-0.15, -0.1) is 16.4 Å². The summed E-state index contributed by atoms with van der Waals surface area (Å²) in [7, 11) is 0. The van der Waals surface area contributed by atoms with Crippen LogP contribution < -0.4 is 10.2 Å². The minimum Gasteiger partial charge on any atom is -0.355 e. The maximum atomic E-state index is 12.1. The van der Waals surface area contributed by atoms with Crippen LogP contribution in [0.25, 0.3) is 6.08 Å². The van der Waals surface area contributed by atoms with Crippen LogP contribution in [-0.4, -0.2) is 35.2 Å². The van der Waals surface area contributed by atoms with E-state index in [9.17, 15) is 4.79 Å². The van der Waals surface area contributed by atoms with Crippen molar-refractivity contribution < 1.29 is 4.79 Å². The highest BCUT2D eigenvalue weighted by atomic mass is 32.1. The number of piperidine rings is 1. The fraction of sp³-hybridized carbons (Fsp3) is 0.450. The quantitative estimate of drug-likeness (QED) is 0.842. The van der Waals surface area contributed by atoms with E-state index >= 15 is 0 Å². The molecule has 0 atom stereocenters. The molecule has 2 aromatic heterocycles. The van der Waals surface area contributed by atoms with Crippen molar-refractivity contribution in [3.8, 4) is 0 Å². The van der Waals surface area contributed by atoms with Crippen molar-refractivity contribution in [1.82, 2.24) is 15.5 Å². The van der Waals surface area contributed by atoms with E-state index in [1.54, 1.807) is 17.4 Å². The Balaban J connectivity index is 1.29. The Morgan fingerprint density at radius 2 is 2.08 bits per heavy atom. The van der Waals surface area contributed by atoms with Crippen molar-refractivity contribution in [3.63, 3.8) is 0 Å². The minimum absolute atomic E-state index is 0.00887. The van der Waals surface area contributed by atoms with Gasteiger partial charge in [0.1, 0.15) is 0 Å². The summed E-state index contributed by atoms with van der Waals surface area (Å²) in [5, 5.41) is 14.0. The van der Waals surface area contributed by atoms with E-state index in [0.29, 0.717) is 0 Å². The van der Waals surface area contributed by atoms with Gasteiger partial charge < -0.3 is 10.2 Å². The molecule has 0 aromatic carbocycles. The maximum absolute atomic E-state index is 12.1. The normalized spacial score (nSPS) is 18.1. The molecule has 6 heteroatoms. The van der Waals surface area contributed by atoms with E-state index in [-0.39, 0.29) is 11.9 Å². The zero-order valence-electron chi connectivity index (χ0n) is 14.9. The van der Waals surface area contributed by atoms with Gasteiger partial charge in [0.15, 0.2) is 5.82 Å². The molecule has 1 amide bonds. The first-order valence-electron chi connectivity index (χ1n) is 9.40. The molecule has 2 aromatic rings. The topological polar surface area (TPSA) is 58.1 Å². The number of carbonyl (C=O) groups excluding carboxylic acids is 1. The van der Waals surface area contributed by atoms with E-state index in [4.69, 9.17) is 0 Å². The van der Waals surface area contributed by atoms with Gasteiger partial charge in [0.2, 0.25) is 5.91 Å². The van der Waals surface area contributed by atoms with E-state index < -0.39 is 0 Å². The van der Waals surface area contributed by atoms with Gasteiger partial charge in [-0.3, -0.25) is 4.79 Å². The van der Waals surface area contributed by atoms with Gasteiger partial charge in [-0.05, 0) is 67.7 Å². The summed E-state index contributed by atoms with van der Waals surface area (Å²) in [6.07, 6.45) is 10.1. The molecule has 136 valence electrons. The highest BCUT2D eigenvalue weighted by molar-refractivity contribution is 7.10. The van der Waals surface area contributed by atoms with Gasteiger partial charge in [-0.1, -0.05) is 6.07 Å². The SMILES string of the molecule is O=C(/C=C/c1cccs1)NC1CCN(c2cc3c(nn2)CCCC3)CC1. The van der Waals surface area contributed by atoms with Crippen LogP contribution in [0.15, 0.2) is 29.7 Å². The van der Waals surface area contributed by atoms with Gasteiger partial charge in [-0.2, -0.15) is 5.10 Å². The Kier molecular flexibility index (Phi) is 5.29. The molecule has 26 heavy (non-hydrogen) atoms. The second-order valence-corrected chi connectivity index (χ2v) is 7.98. The number of rotatable bonds is 4.